The van der Waals surface area contributed by atoms with E-state index in [1.807, 2.05) is 0 Å². The summed E-state index contributed by atoms with van der Waals surface area (Å²) in [6.07, 6.45) is 1.69. The maximum atomic E-state index is 14.7. The molecular formula is C53H58F3N6O14S3+. The monoisotopic (exact) mass is 1160 g/mol. The number of terminal acetylenes is 1. The summed E-state index contributed by atoms with van der Waals surface area (Å²) in [6.45, 7) is -0.479. The first-order valence-corrected chi connectivity index (χ1v) is 29.3. The van der Waals surface area contributed by atoms with E-state index in [0.29, 0.717) is 63.4 Å². The molecular weight excluding hydrogens is 1100 g/mol. The van der Waals surface area contributed by atoms with Gasteiger partial charge >= 0.3 is 6.18 Å². The molecule has 0 aliphatic carbocycles. The molecule has 0 aliphatic rings. The number of nitriles is 1. The van der Waals surface area contributed by atoms with E-state index in [4.69, 9.17) is 11.2 Å². The first-order chi connectivity index (χ1) is 37.3. The van der Waals surface area contributed by atoms with Crippen molar-refractivity contribution < 1.29 is 81.1 Å². The number of ether oxygens (including phenoxy) is 1. The van der Waals surface area contributed by atoms with Crippen molar-refractivity contribution in [3.8, 4) is 24.2 Å². The Labute approximate surface area is 455 Å². The molecule has 5 rings (SSSR count). The molecule has 0 radical (unpaired) electrons. The van der Waals surface area contributed by atoms with Gasteiger partial charge in [0.2, 0.25) is 22.8 Å². The molecule has 422 valence electrons. The number of rotatable bonds is 29. The minimum Gasteiger partial charge on any atom is -0.511 e. The molecule has 6 N–H and O–H groups in total. The summed E-state index contributed by atoms with van der Waals surface area (Å²) in [5, 5.41) is 27.6. The van der Waals surface area contributed by atoms with Crippen LogP contribution >= 0.6 is 0 Å². The zero-order valence-corrected chi connectivity index (χ0v) is 44.9. The van der Waals surface area contributed by atoms with Gasteiger partial charge in [-0.2, -0.15) is 39.8 Å². The van der Waals surface area contributed by atoms with E-state index in [0.717, 1.165) is 12.1 Å². The number of fused-ring (bicyclic) bond motifs is 2. The number of sulfonamides is 1. The summed E-state index contributed by atoms with van der Waals surface area (Å²) in [5.41, 5.74) is -0.373. The lowest BCUT2D eigenvalue weighted by molar-refractivity contribution is -0.645. The van der Waals surface area contributed by atoms with Gasteiger partial charge in [0.25, 0.3) is 42.1 Å². The summed E-state index contributed by atoms with van der Waals surface area (Å²) >= 11 is 0. The molecule has 0 atom stereocenters. The fraction of sp³-hybridized carbons (Fsp3) is 0.358. The molecule has 5 aromatic rings. The SMILES string of the molecule is C#CCC/C(O)=C(\C#N)C(=O)Nc1ccc(C(F)(F)F)c(OCCCCCC(=O)NCCNC(=O)CCCc2ccc(S(=O)(=O)N(CCCS(=O)(=O)O)C(=O)c3c4ccccc4[n+](CCCS(=O)(=O)O)c4ccccc34)cc2)c1. The summed E-state index contributed by atoms with van der Waals surface area (Å²) in [6, 6.07) is 22.9. The van der Waals surface area contributed by atoms with Gasteiger partial charge in [-0.15, -0.1) is 12.3 Å². The Morgan fingerprint density at radius 1 is 0.734 bits per heavy atom. The van der Waals surface area contributed by atoms with Crippen LogP contribution in [-0.4, -0.2) is 105 Å². The van der Waals surface area contributed by atoms with E-state index >= 15 is 0 Å². The number of hydrogen-bond acceptors (Lipinski definition) is 13. The number of aliphatic hydroxyl groups is 1. The smallest absolute Gasteiger partial charge is 0.419 e. The van der Waals surface area contributed by atoms with Crippen LogP contribution in [0.3, 0.4) is 0 Å². The molecule has 0 aliphatic heterocycles. The second-order valence-corrected chi connectivity index (χ2v) is 22.9. The molecule has 20 nitrogen and oxygen atoms in total. The van der Waals surface area contributed by atoms with Crippen LogP contribution in [0.1, 0.15) is 85.7 Å². The van der Waals surface area contributed by atoms with E-state index < -0.39 is 95.4 Å². The predicted octanol–water partition coefficient (Wildman–Crippen LogP) is 6.57. The van der Waals surface area contributed by atoms with Crippen LogP contribution in [0.5, 0.6) is 5.75 Å². The summed E-state index contributed by atoms with van der Waals surface area (Å²) in [4.78, 5) is 52.0. The third-order valence-electron chi connectivity index (χ3n) is 12.1. The Morgan fingerprint density at radius 3 is 1.89 bits per heavy atom. The van der Waals surface area contributed by atoms with Gasteiger partial charge in [0.15, 0.2) is 12.1 Å². The number of nitrogens with zero attached hydrogens (tertiary/aromatic N) is 3. The van der Waals surface area contributed by atoms with Crippen LogP contribution in [0.4, 0.5) is 18.9 Å². The number of para-hydroxylation sites is 2. The Kier molecular flexibility index (Phi) is 22.3. The molecule has 0 unspecified atom stereocenters. The van der Waals surface area contributed by atoms with Gasteiger partial charge in [-0.05, 0) is 80.5 Å². The number of anilines is 1. The summed E-state index contributed by atoms with van der Waals surface area (Å²) < 4.78 is 143. The first kappa shape index (κ1) is 62.2. The van der Waals surface area contributed by atoms with Crippen LogP contribution in [0.25, 0.3) is 21.8 Å². The molecule has 1 heterocycles. The van der Waals surface area contributed by atoms with E-state index in [2.05, 4.69) is 21.9 Å². The largest absolute Gasteiger partial charge is 0.511 e. The number of aryl methyl sites for hydroxylation is 2. The van der Waals surface area contributed by atoms with Crippen molar-refractivity contribution in [1.82, 2.24) is 14.9 Å². The molecule has 1 aromatic heterocycles. The molecule has 4 amide bonds. The van der Waals surface area contributed by atoms with E-state index in [1.165, 1.54) is 24.3 Å². The molecule has 0 fully saturated rings. The van der Waals surface area contributed by atoms with Crippen molar-refractivity contribution in [3.05, 3.63) is 119 Å². The summed E-state index contributed by atoms with van der Waals surface area (Å²) in [7, 11) is -13.5. The molecule has 26 heteroatoms. The average Bonchev–Trinajstić information content (AvgIpc) is 3.58. The number of benzene rings is 4. The average molecular weight is 1160 g/mol. The number of aromatic nitrogens is 1. The van der Waals surface area contributed by atoms with Gasteiger partial charge in [0.05, 0.1) is 44.9 Å². The fourth-order valence-electron chi connectivity index (χ4n) is 8.28. The van der Waals surface area contributed by atoms with Gasteiger partial charge in [-0.1, -0.05) is 36.4 Å². The third kappa shape index (κ3) is 18.5. The van der Waals surface area contributed by atoms with Crippen LogP contribution in [0.2, 0.25) is 0 Å². The van der Waals surface area contributed by atoms with Crippen LogP contribution in [-0.2, 0) is 63.8 Å². The lowest BCUT2D eigenvalue weighted by atomic mass is 10.0. The highest BCUT2D eigenvalue weighted by molar-refractivity contribution is 7.89. The van der Waals surface area contributed by atoms with Crippen molar-refractivity contribution in [2.24, 2.45) is 0 Å². The number of allylic oxidation sites excluding steroid dienone is 1. The highest BCUT2D eigenvalue weighted by Crippen LogP contribution is 2.38. The molecule has 79 heavy (non-hydrogen) atoms. The van der Waals surface area contributed by atoms with Crippen molar-refractivity contribution in [1.29, 1.82) is 5.26 Å². The standard InChI is InChI=1S/C53H57F3N6O14S3/c1-2-3-19-46(63)42(36-57)51(66)60-38-24-27-43(53(54,55)56)47(35-38)76-32-10-4-5-20-48(64)58-28-29-59-49(65)21-11-14-37-22-25-39(26-23-37)79(74,75)62(31-13-34-78(71,72)73)52(67)50-40-15-6-8-17-44(40)61(30-12-33-77(68,69)70)45-18-9-7-16-41(45)50/h1,6-9,15-18,22-27,35H,3-5,10-14,19-21,28-34H2,(H5-,58,59,60,63,64,65,66,68,69,70,71,72,73)/p+1. The topological polar surface area (TPSA) is 308 Å². The van der Waals surface area contributed by atoms with E-state index in [1.54, 1.807) is 59.2 Å². The number of pyridine rings is 1. The molecule has 0 saturated carbocycles. The second-order valence-electron chi connectivity index (χ2n) is 17.9. The Hall–Kier alpha value is -7.62. The van der Waals surface area contributed by atoms with Gasteiger partial charge < -0.3 is 25.8 Å². The quantitative estimate of drug-likeness (QED) is 0.00431. The zero-order chi connectivity index (χ0) is 58.0. The van der Waals surface area contributed by atoms with Gasteiger partial charge in [0, 0.05) is 75.6 Å². The number of nitrogens with one attached hydrogen (secondary N) is 3. The Morgan fingerprint density at radius 2 is 1.32 bits per heavy atom. The highest BCUT2D eigenvalue weighted by Gasteiger charge is 2.36. The number of unbranched alkanes of at least 4 members (excludes halogenated alkanes) is 2. The Balaban J connectivity index is 1.09. The van der Waals surface area contributed by atoms with Gasteiger partial charge in [-0.25, -0.2) is 12.7 Å². The van der Waals surface area contributed by atoms with Crippen molar-refractivity contribution in [2.45, 2.75) is 88.2 Å². The van der Waals surface area contributed by atoms with Crippen molar-refractivity contribution in [3.63, 3.8) is 0 Å². The fourth-order valence-corrected chi connectivity index (χ4v) is 10.7. The zero-order valence-electron chi connectivity index (χ0n) is 42.5. The maximum absolute atomic E-state index is 14.7. The molecule has 0 bridgehead atoms. The van der Waals surface area contributed by atoms with Crippen LogP contribution in [0, 0.1) is 23.7 Å². The molecule has 0 spiro atoms. The Bertz CT molecular complexity index is 3450. The lowest BCUT2D eigenvalue weighted by Crippen LogP contribution is -2.41. The maximum Gasteiger partial charge on any atom is 0.419 e. The lowest BCUT2D eigenvalue weighted by Gasteiger charge is -2.24. The minimum absolute atomic E-state index is 0.00691. The van der Waals surface area contributed by atoms with Crippen molar-refractivity contribution >= 4 is 81.4 Å². The number of halogens is 3. The second kappa shape index (κ2) is 28.3. The van der Waals surface area contributed by atoms with Crippen LogP contribution in [0.15, 0.2) is 107 Å². The third-order valence-corrected chi connectivity index (χ3v) is 15.5. The number of alkyl halides is 3. The van der Waals surface area contributed by atoms with E-state index in [-0.39, 0.29) is 92.7 Å². The number of amides is 4. The van der Waals surface area contributed by atoms with Gasteiger partial charge in [0.1, 0.15) is 17.6 Å². The van der Waals surface area contributed by atoms with Crippen LogP contribution < -0.4 is 25.3 Å². The number of carbonyl (C=O) groups is 4. The number of carbonyl (C=O) groups excluding carboxylic acids is 4. The summed E-state index contributed by atoms with van der Waals surface area (Å²) in [5.74, 6) is -2.97. The van der Waals surface area contributed by atoms with E-state index in [9.17, 15) is 77.1 Å². The van der Waals surface area contributed by atoms with Crippen molar-refractivity contribution in [2.75, 3.05) is 43.1 Å². The van der Waals surface area contributed by atoms with Gasteiger partial charge in [-0.3, -0.25) is 28.3 Å². The molecule has 4 aromatic carbocycles. The number of aliphatic hydroxyl groups excluding tert-OH is 1. The first-order valence-electron chi connectivity index (χ1n) is 24.7. The number of hydrogen-bond donors (Lipinski definition) is 6. The minimum atomic E-state index is -4.79. The molecule has 0 saturated heterocycles. The normalized spacial score (nSPS) is 12.2. The highest BCUT2D eigenvalue weighted by atomic mass is 32.2. The predicted molar refractivity (Wildman–Crippen MR) is 285 cm³/mol.